The molecule has 1 unspecified atom stereocenters. The number of carbonyl (C=O) groups excluding carboxylic acids is 1. The Balaban J connectivity index is 1.48. The van der Waals surface area contributed by atoms with E-state index in [-0.39, 0.29) is 23.2 Å². The molecule has 1 aliphatic heterocycles. The van der Waals surface area contributed by atoms with Gasteiger partial charge in [-0.3, -0.25) is 13.9 Å². The van der Waals surface area contributed by atoms with Crippen molar-refractivity contribution >= 4 is 16.5 Å². The first kappa shape index (κ1) is 24.6. The Morgan fingerprint density at radius 3 is 2.72 bits per heavy atom. The van der Waals surface area contributed by atoms with Gasteiger partial charge in [-0.2, -0.15) is 24.5 Å². The molecule has 3 aromatic rings. The van der Waals surface area contributed by atoms with Gasteiger partial charge in [-0.15, -0.1) is 0 Å². The van der Waals surface area contributed by atoms with E-state index in [0.717, 1.165) is 17.5 Å². The normalized spacial score (nSPS) is 20.8. The van der Waals surface area contributed by atoms with Crippen LogP contribution < -0.4 is 10.1 Å². The predicted molar refractivity (Wildman–Crippen MR) is 128 cm³/mol. The molecule has 1 amide bonds. The highest BCUT2D eigenvalue weighted by Crippen LogP contribution is 2.54. The number of benzene rings is 1. The van der Waals surface area contributed by atoms with Gasteiger partial charge in [0.2, 0.25) is 5.91 Å². The van der Waals surface area contributed by atoms with Gasteiger partial charge in [0.1, 0.15) is 11.6 Å². The highest BCUT2D eigenvalue weighted by Gasteiger charge is 2.46. The number of alkyl halides is 2. The maximum atomic E-state index is 13.5. The van der Waals surface area contributed by atoms with Crippen LogP contribution in [0.5, 0.6) is 5.75 Å². The third kappa shape index (κ3) is 4.93. The first-order valence-electron chi connectivity index (χ1n) is 11.4. The van der Waals surface area contributed by atoms with Crippen molar-refractivity contribution in [3.8, 4) is 22.8 Å². The highest BCUT2D eigenvalue weighted by atomic mass is 32.3. The SMILES string of the molecule is CC1(NC(=O)C2CCc3c(-c4cccc(OC(F)F)c4)nn(-c4ccc(F)cn4)c3C2)CS(O)(O)C1. The average molecular weight is 523 g/mol. The zero-order valence-electron chi connectivity index (χ0n) is 19.3. The summed E-state index contributed by atoms with van der Waals surface area (Å²) in [6.07, 6.45) is 2.42. The molecule has 0 spiro atoms. The number of fused-ring (bicyclic) bond motifs is 1. The zero-order chi connectivity index (χ0) is 25.7. The predicted octanol–water partition coefficient (Wildman–Crippen LogP) is 4.42. The summed E-state index contributed by atoms with van der Waals surface area (Å²) >= 11 is 0. The number of nitrogens with one attached hydrogen (secondary N) is 1. The van der Waals surface area contributed by atoms with Crippen molar-refractivity contribution in [1.29, 1.82) is 0 Å². The fraction of sp³-hybridized carbons (Fsp3) is 0.375. The van der Waals surface area contributed by atoms with Crippen molar-refractivity contribution in [1.82, 2.24) is 20.1 Å². The van der Waals surface area contributed by atoms with Crippen LogP contribution in [0.1, 0.15) is 24.6 Å². The number of hydrogen-bond donors (Lipinski definition) is 3. The van der Waals surface area contributed by atoms with Crippen molar-refractivity contribution in [2.75, 3.05) is 11.5 Å². The lowest BCUT2D eigenvalue weighted by molar-refractivity contribution is -0.126. The van der Waals surface area contributed by atoms with Crippen LogP contribution in [-0.4, -0.2) is 53.4 Å². The van der Waals surface area contributed by atoms with Crippen molar-refractivity contribution < 1.29 is 31.8 Å². The Hall–Kier alpha value is -3.09. The van der Waals surface area contributed by atoms with Crippen LogP contribution in [0.2, 0.25) is 0 Å². The molecule has 0 saturated carbocycles. The maximum Gasteiger partial charge on any atom is 0.387 e. The molecule has 0 radical (unpaired) electrons. The molecule has 1 saturated heterocycles. The molecule has 192 valence electrons. The summed E-state index contributed by atoms with van der Waals surface area (Å²) in [4.78, 5) is 17.2. The van der Waals surface area contributed by atoms with Crippen LogP contribution in [0.25, 0.3) is 17.1 Å². The number of carbonyl (C=O) groups is 1. The van der Waals surface area contributed by atoms with Crippen LogP contribution in [0.4, 0.5) is 13.2 Å². The molecule has 1 atom stereocenters. The van der Waals surface area contributed by atoms with Gasteiger partial charge in [-0.25, -0.2) is 14.1 Å². The molecule has 3 heterocycles. The standard InChI is InChI=1S/C24H25F3N4O4S/c1-24(12-36(33,34)13-24)29-22(32)15-5-7-18-19(10-15)31(20-8-6-16(25)11-28-20)30-21(18)14-3-2-4-17(9-14)35-23(26)27/h2-4,6,8-9,11,15,23,33-34H,5,7,10,12-13H2,1H3,(H,29,32). The third-order valence-corrected chi connectivity index (χ3v) is 8.63. The largest absolute Gasteiger partial charge is 0.435 e. The van der Waals surface area contributed by atoms with E-state index >= 15 is 0 Å². The summed E-state index contributed by atoms with van der Waals surface area (Å²) in [5.41, 5.74) is 2.03. The van der Waals surface area contributed by atoms with Gasteiger partial charge in [0.25, 0.3) is 0 Å². The van der Waals surface area contributed by atoms with E-state index in [0.29, 0.717) is 36.3 Å². The molecule has 1 fully saturated rings. The van der Waals surface area contributed by atoms with Crippen LogP contribution in [-0.2, 0) is 17.6 Å². The molecule has 5 rings (SSSR count). The third-order valence-electron chi connectivity index (χ3n) is 6.43. The second-order valence-electron chi connectivity index (χ2n) is 9.51. The van der Waals surface area contributed by atoms with Gasteiger partial charge in [0.05, 0.1) is 34.6 Å². The molecule has 2 aromatic heterocycles. The Kier molecular flexibility index (Phi) is 6.21. The fourth-order valence-electron chi connectivity index (χ4n) is 5.02. The number of ether oxygens (including phenoxy) is 1. The van der Waals surface area contributed by atoms with Gasteiger partial charge in [-0.1, -0.05) is 12.1 Å². The van der Waals surface area contributed by atoms with Crippen molar-refractivity contribution in [2.45, 2.75) is 38.3 Å². The topological polar surface area (TPSA) is 110 Å². The molecule has 8 nitrogen and oxygen atoms in total. The average Bonchev–Trinajstić information content (AvgIpc) is 3.16. The number of halogens is 3. The van der Waals surface area contributed by atoms with E-state index < -0.39 is 34.5 Å². The molecular weight excluding hydrogens is 497 g/mol. The van der Waals surface area contributed by atoms with Crippen molar-refractivity contribution in [3.05, 3.63) is 59.7 Å². The number of amides is 1. The maximum absolute atomic E-state index is 13.5. The lowest BCUT2D eigenvalue weighted by Crippen LogP contribution is -2.62. The fourth-order valence-corrected chi connectivity index (χ4v) is 7.12. The summed E-state index contributed by atoms with van der Waals surface area (Å²) in [6.45, 7) is -1.17. The number of pyridine rings is 1. The second-order valence-corrected chi connectivity index (χ2v) is 11.7. The summed E-state index contributed by atoms with van der Waals surface area (Å²) in [6, 6.07) is 8.97. The Morgan fingerprint density at radius 2 is 2.06 bits per heavy atom. The van der Waals surface area contributed by atoms with Crippen LogP contribution >= 0.6 is 10.6 Å². The van der Waals surface area contributed by atoms with Gasteiger partial charge in [0, 0.05) is 23.5 Å². The monoisotopic (exact) mass is 522 g/mol. The Labute approximate surface area is 206 Å². The van der Waals surface area contributed by atoms with Crippen LogP contribution in [0, 0.1) is 11.7 Å². The second kappa shape index (κ2) is 9.09. The lowest BCUT2D eigenvalue weighted by atomic mass is 9.84. The number of hydrogen-bond acceptors (Lipinski definition) is 6. The Morgan fingerprint density at radius 1 is 1.28 bits per heavy atom. The quantitative estimate of drug-likeness (QED) is 0.442. The zero-order valence-corrected chi connectivity index (χ0v) is 20.1. The molecule has 1 aliphatic carbocycles. The van der Waals surface area contributed by atoms with Gasteiger partial charge < -0.3 is 10.1 Å². The Bertz CT molecular complexity index is 1290. The molecule has 12 heteroatoms. The van der Waals surface area contributed by atoms with E-state index in [1.54, 1.807) is 23.7 Å². The highest BCUT2D eigenvalue weighted by molar-refractivity contribution is 8.25. The summed E-state index contributed by atoms with van der Waals surface area (Å²) in [5.74, 6) is -0.474. The van der Waals surface area contributed by atoms with E-state index in [4.69, 9.17) is 5.10 Å². The number of aromatic nitrogens is 3. The van der Waals surface area contributed by atoms with Crippen molar-refractivity contribution in [3.63, 3.8) is 0 Å². The molecule has 3 N–H and O–H groups in total. The summed E-state index contributed by atoms with van der Waals surface area (Å²) < 4.78 is 64.6. The molecule has 1 aromatic carbocycles. The molecule has 2 aliphatic rings. The first-order chi connectivity index (χ1) is 17.0. The van der Waals surface area contributed by atoms with Gasteiger partial charge >= 0.3 is 6.61 Å². The minimum atomic E-state index is -2.96. The smallest absolute Gasteiger partial charge is 0.387 e. The van der Waals surface area contributed by atoms with Gasteiger partial charge in [-0.05, 0) is 44.0 Å². The van der Waals surface area contributed by atoms with Crippen LogP contribution in [0.3, 0.4) is 0 Å². The van der Waals surface area contributed by atoms with Crippen LogP contribution in [0.15, 0.2) is 42.6 Å². The van der Waals surface area contributed by atoms with E-state index in [9.17, 15) is 27.1 Å². The molecule has 36 heavy (non-hydrogen) atoms. The summed E-state index contributed by atoms with van der Waals surface area (Å²) in [7, 11) is -2.62. The molecule has 0 bridgehead atoms. The minimum absolute atomic E-state index is 0.00140. The van der Waals surface area contributed by atoms with Gasteiger partial charge in [0.15, 0.2) is 5.82 Å². The van der Waals surface area contributed by atoms with E-state index in [2.05, 4.69) is 15.0 Å². The molecular formula is C24H25F3N4O4S. The number of nitrogens with zero attached hydrogens (tertiary/aromatic N) is 3. The lowest BCUT2D eigenvalue weighted by Gasteiger charge is -2.54. The van der Waals surface area contributed by atoms with E-state index in [1.807, 2.05) is 0 Å². The minimum Gasteiger partial charge on any atom is -0.435 e. The van der Waals surface area contributed by atoms with Crippen molar-refractivity contribution in [2.24, 2.45) is 5.92 Å². The first-order valence-corrected chi connectivity index (χ1v) is 13.2. The summed E-state index contributed by atoms with van der Waals surface area (Å²) in [5, 5.41) is 7.65. The van der Waals surface area contributed by atoms with E-state index in [1.165, 1.54) is 24.3 Å². The number of rotatable bonds is 6.